The number of hydrogen-bond donors (Lipinski definition) is 0. The van der Waals surface area contributed by atoms with E-state index in [1.54, 1.807) is 0 Å². The molecule has 0 atom stereocenters. The summed E-state index contributed by atoms with van der Waals surface area (Å²) in [5, 5.41) is 8.75. The lowest BCUT2D eigenvalue weighted by molar-refractivity contribution is -0.134. The molecule has 0 radical (unpaired) electrons. The lowest BCUT2D eigenvalue weighted by Gasteiger charge is -2.44. The maximum Gasteiger partial charge on any atom is 0.248 e. The van der Waals surface area contributed by atoms with Gasteiger partial charge in [-0.1, -0.05) is 0 Å². The highest BCUT2D eigenvalue weighted by Crippen LogP contribution is 2.38. The van der Waals surface area contributed by atoms with E-state index in [1.807, 2.05) is 4.90 Å². The highest BCUT2D eigenvalue weighted by atomic mass is 16.5. The Morgan fingerprint density at radius 3 is 2.84 bits per heavy atom. The molecule has 3 aliphatic rings. The molecular formula is C18H27N5O2. The van der Waals surface area contributed by atoms with Gasteiger partial charge in [-0.3, -0.25) is 9.69 Å². The summed E-state index contributed by atoms with van der Waals surface area (Å²) in [6.45, 7) is 5.37. The molecule has 0 bridgehead atoms. The van der Waals surface area contributed by atoms with Gasteiger partial charge in [-0.25, -0.2) is 0 Å². The van der Waals surface area contributed by atoms with Crippen LogP contribution in [0.5, 0.6) is 0 Å². The minimum atomic E-state index is 0.118. The van der Waals surface area contributed by atoms with Crippen molar-refractivity contribution in [2.45, 2.75) is 31.2 Å². The fourth-order valence-corrected chi connectivity index (χ4v) is 3.45. The third-order valence-corrected chi connectivity index (χ3v) is 5.49. The average Bonchev–Trinajstić information content (AvgIpc) is 3.41. The molecule has 25 heavy (non-hydrogen) atoms. The molecule has 1 saturated carbocycles. The summed E-state index contributed by atoms with van der Waals surface area (Å²) in [5.41, 5.74) is 1.14. The molecule has 3 fully saturated rings. The second-order valence-corrected chi connectivity index (χ2v) is 7.42. The van der Waals surface area contributed by atoms with E-state index in [1.165, 1.54) is 12.8 Å². The Hall–Kier alpha value is -1.73. The smallest absolute Gasteiger partial charge is 0.248 e. The van der Waals surface area contributed by atoms with Crippen LogP contribution in [0.3, 0.4) is 0 Å². The lowest BCUT2D eigenvalue weighted by Crippen LogP contribution is -2.59. The summed E-state index contributed by atoms with van der Waals surface area (Å²) in [5.74, 6) is 1.75. The predicted octanol–water partition coefficient (Wildman–Crippen LogP) is 0.723. The zero-order chi connectivity index (χ0) is 17.2. The van der Waals surface area contributed by atoms with E-state index < -0.39 is 0 Å². The SMILES string of the molecule is CN(CCN1CCCOCC1=O)C1CN(c2ccc(C3CC3)nn2)C1. The van der Waals surface area contributed by atoms with Crippen LogP contribution in [-0.4, -0.2) is 84.9 Å². The van der Waals surface area contributed by atoms with E-state index in [0.29, 0.717) is 18.6 Å². The number of ether oxygens (including phenoxy) is 1. The molecule has 4 rings (SSSR count). The van der Waals surface area contributed by atoms with Crippen LogP contribution in [-0.2, 0) is 9.53 Å². The summed E-state index contributed by atoms with van der Waals surface area (Å²) in [6, 6.07) is 4.75. The number of aromatic nitrogens is 2. The molecule has 0 spiro atoms. The highest BCUT2D eigenvalue weighted by Gasteiger charge is 2.32. The fraction of sp³-hybridized carbons (Fsp3) is 0.722. The van der Waals surface area contributed by atoms with Crippen molar-refractivity contribution in [3.05, 3.63) is 17.8 Å². The standard InChI is InChI=1S/C18H27N5O2/c1-21(8-9-22-7-2-10-25-13-18(22)24)15-11-23(12-15)17-6-5-16(19-20-17)14-3-4-14/h5-6,14-15H,2-4,7-13H2,1H3. The van der Waals surface area contributed by atoms with Gasteiger partial charge in [0.05, 0.1) is 5.69 Å². The largest absolute Gasteiger partial charge is 0.372 e. The molecule has 1 aliphatic carbocycles. The van der Waals surface area contributed by atoms with Crippen molar-refractivity contribution >= 4 is 11.7 Å². The minimum Gasteiger partial charge on any atom is -0.372 e. The molecule has 2 aliphatic heterocycles. The van der Waals surface area contributed by atoms with Gasteiger partial charge < -0.3 is 14.5 Å². The van der Waals surface area contributed by atoms with Gasteiger partial charge in [0.25, 0.3) is 0 Å². The van der Waals surface area contributed by atoms with Crippen molar-refractivity contribution in [1.82, 2.24) is 20.0 Å². The normalized spacial score (nSPS) is 22.2. The number of rotatable bonds is 6. The third-order valence-electron chi connectivity index (χ3n) is 5.49. The minimum absolute atomic E-state index is 0.118. The van der Waals surface area contributed by atoms with Crippen molar-refractivity contribution in [3.63, 3.8) is 0 Å². The van der Waals surface area contributed by atoms with Gasteiger partial charge in [0, 0.05) is 51.3 Å². The van der Waals surface area contributed by atoms with Crippen LogP contribution in [0.4, 0.5) is 5.82 Å². The molecular weight excluding hydrogens is 318 g/mol. The summed E-state index contributed by atoms with van der Waals surface area (Å²) in [7, 11) is 2.14. The average molecular weight is 345 g/mol. The van der Waals surface area contributed by atoms with E-state index in [-0.39, 0.29) is 12.5 Å². The molecule has 1 aromatic heterocycles. The Kier molecular flexibility index (Phi) is 4.85. The molecule has 7 heteroatoms. The number of carbonyl (C=O) groups is 1. The first kappa shape index (κ1) is 16.7. The van der Waals surface area contributed by atoms with Gasteiger partial charge in [-0.05, 0) is 38.4 Å². The molecule has 0 unspecified atom stereocenters. The van der Waals surface area contributed by atoms with Crippen LogP contribution in [0.15, 0.2) is 12.1 Å². The van der Waals surface area contributed by atoms with Gasteiger partial charge in [0.1, 0.15) is 6.61 Å². The number of likely N-dealkylation sites (N-methyl/N-ethyl adjacent to an activating group) is 1. The van der Waals surface area contributed by atoms with Crippen molar-refractivity contribution in [3.8, 4) is 0 Å². The van der Waals surface area contributed by atoms with Crippen LogP contribution in [0.1, 0.15) is 30.9 Å². The highest BCUT2D eigenvalue weighted by molar-refractivity contribution is 5.77. The van der Waals surface area contributed by atoms with E-state index >= 15 is 0 Å². The number of nitrogens with zero attached hydrogens (tertiary/aromatic N) is 5. The number of anilines is 1. The van der Waals surface area contributed by atoms with Gasteiger partial charge in [0.2, 0.25) is 5.91 Å². The van der Waals surface area contributed by atoms with Crippen LogP contribution in [0, 0.1) is 0 Å². The number of amides is 1. The van der Waals surface area contributed by atoms with Gasteiger partial charge >= 0.3 is 0 Å². The quantitative estimate of drug-likeness (QED) is 0.757. The first-order valence-corrected chi connectivity index (χ1v) is 9.35. The van der Waals surface area contributed by atoms with Crippen LogP contribution in [0.2, 0.25) is 0 Å². The maximum absolute atomic E-state index is 12.0. The molecule has 7 nitrogen and oxygen atoms in total. The van der Waals surface area contributed by atoms with E-state index in [2.05, 4.69) is 39.2 Å². The number of carbonyl (C=O) groups excluding carboxylic acids is 1. The molecule has 0 N–H and O–H groups in total. The second kappa shape index (κ2) is 7.25. The summed E-state index contributed by atoms with van der Waals surface area (Å²) in [4.78, 5) is 18.5. The maximum atomic E-state index is 12.0. The zero-order valence-electron chi connectivity index (χ0n) is 14.9. The third kappa shape index (κ3) is 3.93. The Labute approximate surface area is 148 Å². The summed E-state index contributed by atoms with van der Waals surface area (Å²) < 4.78 is 5.29. The van der Waals surface area contributed by atoms with Crippen molar-refractivity contribution in [2.24, 2.45) is 0 Å². The monoisotopic (exact) mass is 345 g/mol. The van der Waals surface area contributed by atoms with Crippen LogP contribution in [0.25, 0.3) is 0 Å². The van der Waals surface area contributed by atoms with Gasteiger partial charge in [-0.15, -0.1) is 5.10 Å². The Morgan fingerprint density at radius 2 is 2.12 bits per heavy atom. The first-order chi connectivity index (χ1) is 12.2. The Balaban J connectivity index is 1.22. The molecule has 1 amide bonds. The van der Waals surface area contributed by atoms with E-state index in [0.717, 1.165) is 50.7 Å². The molecule has 3 heterocycles. The number of hydrogen-bond acceptors (Lipinski definition) is 6. The van der Waals surface area contributed by atoms with Crippen LogP contribution >= 0.6 is 0 Å². The van der Waals surface area contributed by atoms with Gasteiger partial charge in [-0.2, -0.15) is 5.10 Å². The zero-order valence-corrected chi connectivity index (χ0v) is 14.9. The van der Waals surface area contributed by atoms with Crippen molar-refractivity contribution < 1.29 is 9.53 Å². The molecule has 1 aromatic rings. The Bertz CT molecular complexity index is 598. The van der Waals surface area contributed by atoms with E-state index in [4.69, 9.17) is 4.74 Å². The first-order valence-electron chi connectivity index (χ1n) is 9.35. The molecule has 2 saturated heterocycles. The molecule has 136 valence electrons. The van der Waals surface area contributed by atoms with E-state index in [9.17, 15) is 4.79 Å². The van der Waals surface area contributed by atoms with Gasteiger partial charge in [0.15, 0.2) is 5.82 Å². The predicted molar refractivity (Wildman–Crippen MR) is 94.7 cm³/mol. The molecule has 0 aromatic carbocycles. The lowest BCUT2D eigenvalue weighted by atomic mass is 10.1. The van der Waals surface area contributed by atoms with Crippen LogP contribution < -0.4 is 4.90 Å². The van der Waals surface area contributed by atoms with Crippen molar-refractivity contribution in [1.29, 1.82) is 0 Å². The Morgan fingerprint density at radius 1 is 1.28 bits per heavy atom. The topological polar surface area (TPSA) is 61.8 Å². The fourth-order valence-electron chi connectivity index (χ4n) is 3.45. The summed E-state index contributed by atoms with van der Waals surface area (Å²) in [6.07, 6.45) is 3.45. The summed E-state index contributed by atoms with van der Waals surface area (Å²) >= 11 is 0. The van der Waals surface area contributed by atoms with Crippen molar-refractivity contribution in [2.75, 3.05) is 57.9 Å². The second-order valence-electron chi connectivity index (χ2n) is 7.42.